The average molecular weight is 414 g/mol. The fourth-order valence-corrected chi connectivity index (χ4v) is 4.38. The van der Waals surface area contributed by atoms with Crippen LogP contribution in [-0.4, -0.2) is 38.8 Å². The number of fused-ring (bicyclic) bond motifs is 1. The number of hydrogen-bond donors (Lipinski definition) is 2. The first-order valence-corrected chi connectivity index (χ1v) is 9.84. The maximum Gasteiger partial charge on any atom is 0.227 e. The Morgan fingerprint density at radius 3 is 2.93 bits per heavy atom. The lowest BCUT2D eigenvalue weighted by Crippen LogP contribution is -2.49. The monoisotopic (exact) mass is 413 g/mol. The molecule has 0 spiro atoms. The first-order chi connectivity index (χ1) is 14.0. The highest BCUT2D eigenvalue weighted by Crippen LogP contribution is 2.38. The summed E-state index contributed by atoms with van der Waals surface area (Å²) in [6.07, 6.45) is 4.10. The summed E-state index contributed by atoms with van der Waals surface area (Å²) in [5.41, 5.74) is 4.60. The highest BCUT2D eigenvalue weighted by Gasteiger charge is 2.36. The Kier molecular flexibility index (Phi) is 5.39. The van der Waals surface area contributed by atoms with E-state index in [1.165, 1.54) is 18.2 Å². The zero-order chi connectivity index (χ0) is 20.5. The molecule has 0 saturated heterocycles. The molecule has 2 atom stereocenters. The fraction of sp³-hybridized carbons (Fsp3) is 0.273. The number of H-pyrrole nitrogens is 1. The standard InChI is InChI=1S/C22H21ClFN3O2/c1-13-18-3-2-4-19(15-10-25-26-11-15)20(18)9-17(12-28)27(13)22(29)8-14-7-16(24)5-6-21(14)23/h2-7,10-11,13,17,28H,8-9,12H2,1H3,(H,25,26)/t13-,17+/m0/s1. The van der Waals surface area contributed by atoms with E-state index in [-0.39, 0.29) is 31.0 Å². The van der Waals surface area contributed by atoms with Crippen LogP contribution in [0.3, 0.4) is 0 Å². The molecule has 0 unspecified atom stereocenters. The number of halogens is 2. The minimum atomic E-state index is -0.433. The van der Waals surface area contributed by atoms with Crippen molar-refractivity contribution in [3.8, 4) is 11.1 Å². The summed E-state index contributed by atoms with van der Waals surface area (Å²) in [6.45, 7) is 1.79. The van der Waals surface area contributed by atoms with Gasteiger partial charge in [-0.3, -0.25) is 9.89 Å². The molecular weight excluding hydrogens is 393 g/mol. The number of aliphatic hydroxyl groups is 1. The molecule has 0 fully saturated rings. The lowest BCUT2D eigenvalue weighted by Gasteiger charge is -2.42. The molecule has 1 aliphatic heterocycles. The Bertz CT molecular complexity index is 1040. The average Bonchev–Trinajstić information content (AvgIpc) is 3.24. The molecule has 0 aliphatic carbocycles. The van der Waals surface area contributed by atoms with Crippen LogP contribution in [0.5, 0.6) is 0 Å². The quantitative estimate of drug-likeness (QED) is 0.681. The van der Waals surface area contributed by atoms with Crippen LogP contribution in [0.2, 0.25) is 5.02 Å². The van der Waals surface area contributed by atoms with Crippen molar-refractivity contribution < 1.29 is 14.3 Å². The number of aromatic nitrogens is 2. The van der Waals surface area contributed by atoms with Crippen molar-refractivity contribution in [2.45, 2.75) is 31.8 Å². The second-order valence-corrected chi connectivity index (χ2v) is 7.70. The number of rotatable bonds is 4. The summed E-state index contributed by atoms with van der Waals surface area (Å²) >= 11 is 6.15. The molecule has 1 amide bonds. The Morgan fingerprint density at radius 1 is 1.38 bits per heavy atom. The maximum atomic E-state index is 13.6. The van der Waals surface area contributed by atoms with E-state index in [1.54, 1.807) is 11.1 Å². The molecule has 3 aromatic rings. The molecule has 2 N–H and O–H groups in total. The number of nitrogens with zero attached hydrogens (tertiary/aromatic N) is 2. The van der Waals surface area contributed by atoms with Crippen LogP contribution in [0.15, 0.2) is 48.8 Å². The topological polar surface area (TPSA) is 69.2 Å². The molecule has 150 valence electrons. The van der Waals surface area contributed by atoms with Gasteiger partial charge in [-0.2, -0.15) is 5.10 Å². The van der Waals surface area contributed by atoms with E-state index < -0.39 is 5.82 Å². The third-order valence-electron chi connectivity index (χ3n) is 5.57. The normalized spacial score (nSPS) is 18.6. The first-order valence-electron chi connectivity index (χ1n) is 9.46. The number of aliphatic hydroxyl groups excluding tert-OH is 1. The largest absolute Gasteiger partial charge is 0.394 e. The molecule has 4 rings (SSSR count). The molecule has 2 heterocycles. The zero-order valence-electron chi connectivity index (χ0n) is 15.9. The molecule has 1 aromatic heterocycles. The summed E-state index contributed by atoms with van der Waals surface area (Å²) in [5.74, 6) is -0.624. The Hall–Kier alpha value is -2.70. The third kappa shape index (κ3) is 3.66. The highest BCUT2D eigenvalue weighted by molar-refractivity contribution is 6.31. The smallest absolute Gasteiger partial charge is 0.227 e. The van der Waals surface area contributed by atoms with Crippen LogP contribution in [0, 0.1) is 5.82 Å². The van der Waals surface area contributed by atoms with Gasteiger partial charge < -0.3 is 10.0 Å². The van der Waals surface area contributed by atoms with E-state index in [4.69, 9.17) is 11.6 Å². The minimum Gasteiger partial charge on any atom is -0.394 e. The van der Waals surface area contributed by atoms with Crippen molar-refractivity contribution in [3.05, 3.63) is 76.3 Å². The van der Waals surface area contributed by atoms with Crippen LogP contribution >= 0.6 is 11.6 Å². The van der Waals surface area contributed by atoms with E-state index >= 15 is 0 Å². The predicted molar refractivity (Wildman–Crippen MR) is 109 cm³/mol. The number of benzene rings is 2. The number of aromatic amines is 1. The first kappa shape index (κ1) is 19.6. The summed E-state index contributed by atoms with van der Waals surface area (Å²) in [6, 6.07) is 9.39. The summed E-state index contributed by atoms with van der Waals surface area (Å²) in [5, 5.41) is 17.3. The predicted octanol–water partition coefficient (Wildman–Crippen LogP) is 3.92. The van der Waals surface area contributed by atoms with Crippen LogP contribution in [0.25, 0.3) is 11.1 Å². The zero-order valence-corrected chi connectivity index (χ0v) is 16.7. The Balaban J connectivity index is 1.68. The summed E-state index contributed by atoms with van der Waals surface area (Å²) in [7, 11) is 0. The highest BCUT2D eigenvalue weighted by atomic mass is 35.5. The maximum absolute atomic E-state index is 13.6. The van der Waals surface area contributed by atoms with E-state index in [0.29, 0.717) is 17.0 Å². The van der Waals surface area contributed by atoms with E-state index in [9.17, 15) is 14.3 Å². The molecule has 1 aliphatic rings. The molecule has 0 radical (unpaired) electrons. The molecule has 5 nitrogen and oxygen atoms in total. The molecule has 2 aromatic carbocycles. The lowest BCUT2D eigenvalue weighted by molar-refractivity contribution is -0.137. The molecule has 0 bridgehead atoms. The van der Waals surface area contributed by atoms with Gasteiger partial charge in [0.15, 0.2) is 0 Å². The Morgan fingerprint density at radius 2 is 2.21 bits per heavy atom. The van der Waals surface area contributed by atoms with Gasteiger partial charge in [-0.25, -0.2) is 4.39 Å². The van der Waals surface area contributed by atoms with Crippen LogP contribution in [0.4, 0.5) is 4.39 Å². The van der Waals surface area contributed by atoms with Gasteiger partial charge in [-0.15, -0.1) is 0 Å². The number of nitrogens with one attached hydrogen (secondary N) is 1. The van der Waals surface area contributed by atoms with Crippen LogP contribution in [-0.2, 0) is 17.6 Å². The van der Waals surface area contributed by atoms with Crippen molar-refractivity contribution in [2.24, 2.45) is 0 Å². The third-order valence-corrected chi connectivity index (χ3v) is 5.94. The number of carbonyl (C=O) groups is 1. The van der Waals surface area contributed by atoms with Gasteiger partial charge in [0, 0.05) is 16.8 Å². The second kappa shape index (κ2) is 7.97. The van der Waals surface area contributed by atoms with Gasteiger partial charge in [-0.1, -0.05) is 29.8 Å². The van der Waals surface area contributed by atoms with E-state index in [2.05, 4.69) is 10.2 Å². The molecule has 0 saturated carbocycles. The number of carbonyl (C=O) groups excluding carboxylic acids is 1. The van der Waals surface area contributed by atoms with Gasteiger partial charge in [-0.05, 0) is 53.8 Å². The SMILES string of the molecule is C[C@H]1c2cccc(-c3cn[nH]c3)c2C[C@H](CO)N1C(=O)Cc1cc(F)ccc1Cl. The van der Waals surface area contributed by atoms with Crippen molar-refractivity contribution >= 4 is 17.5 Å². The van der Waals surface area contributed by atoms with E-state index in [0.717, 1.165) is 22.3 Å². The van der Waals surface area contributed by atoms with Crippen LogP contribution < -0.4 is 0 Å². The van der Waals surface area contributed by atoms with Crippen molar-refractivity contribution in [2.75, 3.05) is 6.61 Å². The Labute approximate surface area is 173 Å². The van der Waals surface area contributed by atoms with Crippen molar-refractivity contribution in [1.29, 1.82) is 0 Å². The summed E-state index contributed by atoms with van der Waals surface area (Å²) < 4.78 is 13.6. The molecule has 29 heavy (non-hydrogen) atoms. The van der Waals surface area contributed by atoms with E-state index in [1.807, 2.05) is 31.3 Å². The van der Waals surface area contributed by atoms with Crippen molar-refractivity contribution in [1.82, 2.24) is 15.1 Å². The fourth-order valence-electron chi connectivity index (χ4n) is 4.20. The van der Waals surface area contributed by atoms with Gasteiger partial charge in [0.05, 0.1) is 31.3 Å². The molecular formula is C22H21ClFN3O2. The number of amides is 1. The lowest BCUT2D eigenvalue weighted by atomic mass is 9.84. The van der Waals surface area contributed by atoms with Gasteiger partial charge in [0.2, 0.25) is 5.91 Å². The summed E-state index contributed by atoms with van der Waals surface area (Å²) in [4.78, 5) is 14.9. The molecule has 7 heteroatoms. The number of hydrogen-bond acceptors (Lipinski definition) is 3. The van der Waals surface area contributed by atoms with Gasteiger partial charge >= 0.3 is 0 Å². The minimum absolute atomic E-state index is 0.0197. The van der Waals surface area contributed by atoms with Gasteiger partial charge in [0.1, 0.15) is 5.82 Å². The van der Waals surface area contributed by atoms with Gasteiger partial charge in [0.25, 0.3) is 0 Å². The van der Waals surface area contributed by atoms with Crippen LogP contribution in [0.1, 0.15) is 29.7 Å². The second-order valence-electron chi connectivity index (χ2n) is 7.29. The van der Waals surface area contributed by atoms with Crippen molar-refractivity contribution in [3.63, 3.8) is 0 Å².